The molecule has 110 valence electrons. The van der Waals surface area contributed by atoms with Crippen molar-refractivity contribution in [3.05, 3.63) is 36.5 Å². The molecule has 0 saturated carbocycles. The molecule has 1 aromatic heterocycles. The van der Waals surface area contributed by atoms with Crippen LogP contribution in [0.1, 0.15) is 17.5 Å². The second-order valence-electron chi connectivity index (χ2n) is 4.92. The van der Waals surface area contributed by atoms with Crippen LogP contribution in [0.4, 0.5) is 0 Å². The Morgan fingerprint density at radius 2 is 1.81 bits per heavy atom. The largest absolute Gasteiger partial charge is 0.458 e. The van der Waals surface area contributed by atoms with Gasteiger partial charge in [0, 0.05) is 11.5 Å². The van der Waals surface area contributed by atoms with E-state index >= 15 is 0 Å². The first-order chi connectivity index (χ1) is 10.0. The second-order valence-corrected chi connectivity index (χ2v) is 4.92. The van der Waals surface area contributed by atoms with E-state index < -0.39 is 5.97 Å². The minimum atomic E-state index is -0.509. The minimum Gasteiger partial charge on any atom is -0.458 e. The van der Waals surface area contributed by atoms with Crippen molar-refractivity contribution in [3.8, 4) is 11.5 Å². The molecule has 0 saturated heterocycles. The van der Waals surface area contributed by atoms with Crippen LogP contribution in [0.15, 0.2) is 35.1 Å². The van der Waals surface area contributed by atoms with Crippen LogP contribution in [0.5, 0.6) is 11.5 Å². The van der Waals surface area contributed by atoms with Gasteiger partial charge in [-0.3, -0.25) is 4.90 Å². The van der Waals surface area contributed by atoms with Crippen molar-refractivity contribution >= 4 is 16.9 Å². The number of furan rings is 1. The Labute approximate surface area is 121 Å². The van der Waals surface area contributed by atoms with Gasteiger partial charge in [-0.1, -0.05) is 0 Å². The summed E-state index contributed by atoms with van der Waals surface area (Å²) in [6.07, 6.45) is 2.54. The van der Waals surface area contributed by atoms with E-state index in [0.717, 1.165) is 5.39 Å². The summed E-state index contributed by atoms with van der Waals surface area (Å²) in [5, 5.41) is 0.747. The van der Waals surface area contributed by atoms with Gasteiger partial charge in [-0.25, -0.2) is 4.79 Å². The van der Waals surface area contributed by atoms with Crippen molar-refractivity contribution in [2.24, 2.45) is 0 Å². The molecule has 1 aromatic carbocycles. The molecule has 0 radical (unpaired) electrons. The fourth-order valence-corrected chi connectivity index (χ4v) is 1.85. The Bertz CT molecular complexity index is 671. The van der Waals surface area contributed by atoms with Crippen molar-refractivity contribution in [1.82, 2.24) is 4.90 Å². The number of benzene rings is 1. The molecule has 6 nitrogen and oxygen atoms in total. The number of hydrogen-bond acceptors (Lipinski definition) is 6. The Morgan fingerprint density at radius 3 is 2.48 bits per heavy atom. The maximum absolute atomic E-state index is 12.0. The molecule has 3 rings (SSSR count). The average Bonchev–Trinajstić information content (AvgIpc) is 2.87. The Hall–Kier alpha value is -2.47. The molecule has 0 N–H and O–H groups in total. The molecule has 0 amide bonds. The predicted molar refractivity (Wildman–Crippen MR) is 75.2 cm³/mol. The number of ether oxygens (including phenoxy) is 3. The van der Waals surface area contributed by atoms with Gasteiger partial charge in [-0.05, 0) is 33.2 Å². The van der Waals surface area contributed by atoms with Crippen LogP contribution in [0.25, 0.3) is 11.0 Å². The highest BCUT2D eigenvalue weighted by Gasteiger charge is 2.20. The Balaban J connectivity index is 1.89. The first-order valence-electron chi connectivity index (χ1n) is 6.48. The lowest BCUT2D eigenvalue weighted by Gasteiger charge is -2.18. The summed E-state index contributed by atoms with van der Waals surface area (Å²) in [6.45, 7) is 1.78. The van der Waals surface area contributed by atoms with Crippen LogP contribution < -0.4 is 9.47 Å². The standard InChI is InChI=1S/C15H15NO5/c1-9(16(2)3)20-15(17)14-7-10-6-12-13(8-11(10)21-14)19-5-4-18-12/h4-9H,1-3H3. The van der Waals surface area contributed by atoms with Crippen LogP contribution in [0.2, 0.25) is 0 Å². The molecule has 0 aliphatic carbocycles. The third-order valence-corrected chi connectivity index (χ3v) is 3.23. The quantitative estimate of drug-likeness (QED) is 0.639. The highest BCUT2D eigenvalue weighted by Crippen LogP contribution is 2.36. The van der Waals surface area contributed by atoms with Gasteiger partial charge in [0.15, 0.2) is 17.7 Å². The summed E-state index contributed by atoms with van der Waals surface area (Å²) in [5.74, 6) is 0.757. The number of rotatable bonds is 3. The molecule has 0 fully saturated rings. The molecule has 1 aliphatic heterocycles. The molecule has 2 aromatic rings. The fourth-order valence-electron chi connectivity index (χ4n) is 1.85. The smallest absolute Gasteiger partial charge is 0.375 e. The summed E-state index contributed by atoms with van der Waals surface area (Å²) >= 11 is 0. The predicted octanol–water partition coefficient (Wildman–Crippen LogP) is 2.74. The number of carbonyl (C=O) groups excluding carboxylic acids is 1. The second kappa shape index (κ2) is 5.14. The molecule has 6 heteroatoms. The zero-order valence-electron chi connectivity index (χ0n) is 12.0. The number of esters is 1. The number of hydrogen-bond donors (Lipinski definition) is 0. The lowest BCUT2D eigenvalue weighted by Crippen LogP contribution is -2.29. The topological polar surface area (TPSA) is 61.1 Å². The number of carbonyl (C=O) groups is 1. The first kappa shape index (κ1) is 13.5. The van der Waals surface area contributed by atoms with Gasteiger partial charge in [0.2, 0.25) is 5.76 Å². The van der Waals surface area contributed by atoms with E-state index in [0.29, 0.717) is 17.1 Å². The SMILES string of the molecule is CC(OC(=O)c1cc2cc3c(cc2o1)OC=CO3)N(C)C. The van der Waals surface area contributed by atoms with Crippen molar-refractivity contribution < 1.29 is 23.4 Å². The molecule has 2 heterocycles. The van der Waals surface area contributed by atoms with E-state index in [9.17, 15) is 4.79 Å². The zero-order chi connectivity index (χ0) is 15.0. The summed E-state index contributed by atoms with van der Waals surface area (Å²) in [6, 6.07) is 5.06. The van der Waals surface area contributed by atoms with Crippen molar-refractivity contribution in [3.63, 3.8) is 0 Å². The molecule has 21 heavy (non-hydrogen) atoms. The average molecular weight is 289 g/mol. The highest BCUT2D eigenvalue weighted by atomic mass is 16.6. The molecule has 1 aliphatic rings. The van der Waals surface area contributed by atoms with Crippen LogP contribution in [-0.2, 0) is 4.74 Å². The molecular weight excluding hydrogens is 274 g/mol. The maximum atomic E-state index is 12.0. The third kappa shape index (κ3) is 2.57. The van der Waals surface area contributed by atoms with E-state index in [1.54, 1.807) is 30.0 Å². The van der Waals surface area contributed by atoms with Gasteiger partial charge in [-0.2, -0.15) is 0 Å². The van der Waals surface area contributed by atoms with Crippen LogP contribution in [0, 0.1) is 0 Å². The maximum Gasteiger partial charge on any atom is 0.375 e. The summed E-state index contributed by atoms with van der Waals surface area (Å²) < 4.78 is 21.4. The number of nitrogens with zero attached hydrogens (tertiary/aromatic N) is 1. The highest BCUT2D eigenvalue weighted by molar-refractivity contribution is 5.93. The van der Waals surface area contributed by atoms with Crippen molar-refractivity contribution in [2.75, 3.05) is 14.1 Å². The van der Waals surface area contributed by atoms with E-state index in [1.807, 2.05) is 14.1 Å². The lowest BCUT2D eigenvalue weighted by atomic mass is 10.2. The summed E-state index contributed by atoms with van der Waals surface area (Å²) in [5.41, 5.74) is 0.539. The van der Waals surface area contributed by atoms with Gasteiger partial charge >= 0.3 is 5.97 Å². The van der Waals surface area contributed by atoms with Gasteiger partial charge < -0.3 is 18.6 Å². The minimum absolute atomic E-state index is 0.147. The van der Waals surface area contributed by atoms with Crippen LogP contribution in [0.3, 0.4) is 0 Å². The normalized spacial score (nSPS) is 14.5. The third-order valence-electron chi connectivity index (χ3n) is 3.23. The van der Waals surface area contributed by atoms with E-state index in [1.165, 1.54) is 12.5 Å². The number of fused-ring (bicyclic) bond motifs is 2. The molecular formula is C15H15NO5. The van der Waals surface area contributed by atoms with Gasteiger partial charge in [0.05, 0.1) is 0 Å². The molecule has 0 bridgehead atoms. The van der Waals surface area contributed by atoms with Gasteiger partial charge in [0.1, 0.15) is 18.1 Å². The van der Waals surface area contributed by atoms with Gasteiger partial charge in [0.25, 0.3) is 0 Å². The Morgan fingerprint density at radius 1 is 1.14 bits per heavy atom. The summed E-state index contributed by atoms with van der Waals surface area (Å²) in [7, 11) is 3.65. The van der Waals surface area contributed by atoms with E-state index in [-0.39, 0.29) is 12.0 Å². The van der Waals surface area contributed by atoms with Crippen molar-refractivity contribution in [2.45, 2.75) is 13.2 Å². The molecule has 1 unspecified atom stereocenters. The van der Waals surface area contributed by atoms with E-state index in [4.69, 9.17) is 18.6 Å². The van der Waals surface area contributed by atoms with Crippen molar-refractivity contribution in [1.29, 1.82) is 0 Å². The monoisotopic (exact) mass is 289 g/mol. The summed E-state index contributed by atoms with van der Waals surface area (Å²) in [4.78, 5) is 13.8. The Kier molecular flexibility index (Phi) is 3.31. The van der Waals surface area contributed by atoms with E-state index in [2.05, 4.69) is 0 Å². The zero-order valence-corrected chi connectivity index (χ0v) is 12.0. The first-order valence-corrected chi connectivity index (χ1v) is 6.48. The van der Waals surface area contributed by atoms with Gasteiger partial charge in [-0.15, -0.1) is 0 Å². The lowest BCUT2D eigenvalue weighted by molar-refractivity contribution is -0.00817. The van der Waals surface area contributed by atoms with Crippen LogP contribution >= 0.6 is 0 Å². The molecule has 0 spiro atoms. The molecule has 1 atom stereocenters. The fraction of sp³-hybridized carbons (Fsp3) is 0.267. The van der Waals surface area contributed by atoms with Crippen LogP contribution in [-0.4, -0.2) is 31.2 Å².